The summed E-state index contributed by atoms with van der Waals surface area (Å²) in [4.78, 5) is 32.8. The fourth-order valence-electron chi connectivity index (χ4n) is 2.44. The Bertz CT molecular complexity index is 984. The molecule has 0 spiro atoms. The number of allylic oxidation sites excluding steroid dienone is 2. The molecule has 39 heavy (non-hydrogen) atoms. The largest absolute Gasteiger partial charge is 0.481 e. The Labute approximate surface area is 201 Å². The van der Waals surface area contributed by atoms with E-state index in [0.717, 1.165) is 0 Å². The van der Waals surface area contributed by atoms with Crippen LogP contribution in [0.15, 0.2) is 12.2 Å². The predicted octanol–water partition coefficient (Wildman–Crippen LogP) is 5.57. The highest BCUT2D eigenvalue weighted by molar-refractivity contribution is 6.01. The first-order chi connectivity index (χ1) is 16.8. The number of aliphatic carboxylic acids is 3. The minimum Gasteiger partial charge on any atom is -0.481 e. The molecule has 0 rings (SSSR count). The van der Waals surface area contributed by atoms with Crippen molar-refractivity contribution in [1.29, 1.82) is 0 Å². The Morgan fingerprint density at radius 3 is 1.10 bits per heavy atom. The minimum absolute atomic E-state index is 0.863. The number of rotatable bonds is 13. The summed E-state index contributed by atoms with van der Waals surface area (Å²) < 4.78 is 224. The molecular formula is C16H9F17O6. The highest BCUT2D eigenvalue weighted by Gasteiger charge is 2.95. The molecule has 0 aromatic heterocycles. The van der Waals surface area contributed by atoms with Gasteiger partial charge in [0.2, 0.25) is 0 Å². The van der Waals surface area contributed by atoms with Gasteiger partial charge in [-0.25, -0.2) is 0 Å². The second-order valence-electron chi connectivity index (χ2n) is 7.44. The molecule has 228 valence electrons. The normalized spacial score (nSPS) is 15.5. The molecule has 0 amide bonds. The van der Waals surface area contributed by atoms with E-state index in [9.17, 15) is 89.0 Å². The lowest BCUT2D eigenvalue weighted by atomic mass is 9.80. The lowest BCUT2D eigenvalue weighted by Crippen LogP contribution is -2.74. The van der Waals surface area contributed by atoms with E-state index in [1.807, 2.05) is 0 Å². The molecule has 0 saturated carbocycles. The van der Waals surface area contributed by atoms with Crippen LogP contribution in [0.3, 0.4) is 0 Å². The van der Waals surface area contributed by atoms with Crippen LogP contribution in [0.2, 0.25) is 0 Å². The number of carbonyl (C=O) groups is 3. The van der Waals surface area contributed by atoms with Crippen molar-refractivity contribution >= 4 is 17.9 Å². The van der Waals surface area contributed by atoms with E-state index in [-0.39, 0.29) is 0 Å². The van der Waals surface area contributed by atoms with Gasteiger partial charge in [0, 0.05) is 0 Å². The van der Waals surface area contributed by atoms with Gasteiger partial charge in [0.05, 0.1) is 6.42 Å². The summed E-state index contributed by atoms with van der Waals surface area (Å²) >= 11 is 0. The summed E-state index contributed by atoms with van der Waals surface area (Å²) in [5, 5.41) is 26.2. The fourth-order valence-corrected chi connectivity index (χ4v) is 2.44. The molecule has 0 saturated heterocycles. The molecule has 0 radical (unpaired) electrons. The Kier molecular flexibility index (Phi) is 9.09. The molecule has 0 aliphatic rings. The maximum atomic E-state index is 13.8. The van der Waals surface area contributed by atoms with Gasteiger partial charge in [0.15, 0.2) is 5.41 Å². The second kappa shape index (κ2) is 9.86. The number of hydrogen-bond donors (Lipinski definition) is 3. The molecule has 0 unspecified atom stereocenters. The van der Waals surface area contributed by atoms with Crippen molar-refractivity contribution in [3.63, 3.8) is 0 Å². The van der Waals surface area contributed by atoms with Crippen molar-refractivity contribution < 1.29 is 104 Å². The Hall–Kier alpha value is -3.04. The van der Waals surface area contributed by atoms with E-state index in [2.05, 4.69) is 0 Å². The number of alkyl halides is 17. The molecule has 0 heterocycles. The third-order valence-electron chi connectivity index (χ3n) is 4.81. The average Bonchev–Trinajstić information content (AvgIpc) is 2.70. The SMILES string of the molecule is O=C(O)CC(CC=CC(F)(F)C(F)(F)C(F)(F)C(F)(F)C(F)(F)C(F)(F)C(F)(F)C(F)(F)F)(C(=O)O)C(=O)O. The maximum Gasteiger partial charge on any atom is 0.460 e. The molecule has 0 bridgehead atoms. The summed E-state index contributed by atoms with van der Waals surface area (Å²) in [6.45, 7) is 0. The van der Waals surface area contributed by atoms with Crippen molar-refractivity contribution in [3.8, 4) is 0 Å². The molecule has 0 aromatic carbocycles. The van der Waals surface area contributed by atoms with Crippen LogP contribution >= 0.6 is 0 Å². The minimum atomic E-state index is -8.84. The van der Waals surface area contributed by atoms with E-state index >= 15 is 0 Å². The van der Waals surface area contributed by atoms with Gasteiger partial charge in [-0.3, -0.25) is 14.4 Å². The first kappa shape index (κ1) is 36.0. The number of halogens is 17. The van der Waals surface area contributed by atoms with Crippen molar-refractivity contribution in [2.45, 2.75) is 60.5 Å². The molecule has 0 aromatic rings. The van der Waals surface area contributed by atoms with Gasteiger partial charge in [0.25, 0.3) is 0 Å². The van der Waals surface area contributed by atoms with Gasteiger partial charge >= 0.3 is 65.5 Å². The molecule has 0 aliphatic carbocycles. The van der Waals surface area contributed by atoms with E-state index in [1.165, 1.54) is 0 Å². The van der Waals surface area contributed by atoms with Gasteiger partial charge in [0.1, 0.15) is 0 Å². The van der Waals surface area contributed by atoms with Gasteiger partial charge in [-0.1, -0.05) is 6.08 Å². The first-order valence-corrected chi connectivity index (χ1v) is 8.84. The van der Waals surface area contributed by atoms with Crippen LogP contribution in [0.4, 0.5) is 74.6 Å². The van der Waals surface area contributed by atoms with Gasteiger partial charge in [-0.15, -0.1) is 0 Å². The van der Waals surface area contributed by atoms with E-state index in [1.54, 1.807) is 0 Å². The summed E-state index contributed by atoms with van der Waals surface area (Å²) in [6.07, 6.45) is -14.7. The quantitative estimate of drug-likeness (QED) is 0.141. The van der Waals surface area contributed by atoms with Crippen LogP contribution in [0, 0.1) is 5.41 Å². The zero-order valence-corrected chi connectivity index (χ0v) is 17.6. The van der Waals surface area contributed by atoms with Crippen molar-refractivity contribution in [2.24, 2.45) is 5.41 Å². The summed E-state index contributed by atoms with van der Waals surface area (Å²) in [7, 11) is 0. The molecule has 0 aliphatic heterocycles. The lowest BCUT2D eigenvalue weighted by Gasteiger charge is -2.42. The summed E-state index contributed by atoms with van der Waals surface area (Å²) in [5.74, 6) is -66.1. The zero-order valence-electron chi connectivity index (χ0n) is 17.6. The molecule has 3 N–H and O–H groups in total. The third kappa shape index (κ3) is 5.26. The number of hydrogen-bond acceptors (Lipinski definition) is 3. The predicted molar refractivity (Wildman–Crippen MR) is 84.4 cm³/mol. The molecule has 23 heteroatoms. The van der Waals surface area contributed by atoms with E-state index in [4.69, 9.17) is 15.3 Å². The topological polar surface area (TPSA) is 112 Å². The van der Waals surface area contributed by atoms with Crippen LogP contribution in [-0.4, -0.2) is 80.9 Å². The van der Waals surface area contributed by atoms with E-state index in [0.29, 0.717) is 0 Å². The second-order valence-corrected chi connectivity index (χ2v) is 7.44. The van der Waals surface area contributed by atoms with E-state index < -0.39 is 96.0 Å². The van der Waals surface area contributed by atoms with Crippen LogP contribution in [0.25, 0.3) is 0 Å². The fraction of sp³-hybridized carbons (Fsp3) is 0.688. The average molecular weight is 620 g/mol. The van der Waals surface area contributed by atoms with Crippen molar-refractivity contribution in [2.75, 3.05) is 0 Å². The lowest BCUT2D eigenvalue weighted by molar-refractivity contribution is -0.459. The van der Waals surface area contributed by atoms with Crippen LogP contribution < -0.4 is 0 Å². The third-order valence-corrected chi connectivity index (χ3v) is 4.81. The van der Waals surface area contributed by atoms with Crippen molar-refractivity contribution in [3.05, 3.63) is 12.2 Å². The van der Waals surface area contributed by atoms with Gasteiger partial charge < -0.3 is 15.3 Å². The molecule has 0 fully saturated rings. The smallest absolute Gasteiger partial charge is 0.460 e. The van der Waals surface area contributed by atoms with Gasteiger partial charge in [-0.05, 0) is 12.5 Å². The Morgan fingerprint density at radius 2 is 0.821 bits per heavy atom. The Balaban J connectivity index is 6.77. The van der Waals surface area contributed by atoms with Crippen LogP contribution in [0.1, 0.15) is 12.8 Å². The summed E-state index contributed by atoms with van der Waals surface area (Å²) in [6, 6.07) is 0. The van der Waals surface area contributed by atoms with Gasteiger partial charge in [-0.2, -0.15) is 74.6 Å². The first-order valence-electron chi connectivity index (χ1n) is 8.84. The molecular weight excluding hydrogens is 611 g/mol. The summed E-state index contributed by atoms with van der Waals surface area (Å²) in [5.41, 5.74) is -3.74. The maximum absolute atomic E-state index is 13.8. The Morgan fingerprint density at radius 1 is 0.513 bits per heavy atom. The van der Waals surface area contributed by atoms with Crippen LogP contribution in [-0.2, 0) is 14.4 Å². The highest BCUT2D eigenvalue weighted by atomic mass is 19.4. The number of carboxylic acid groups (broad SMARTS) is 3. The highest BCUT2D eigenvalue weighted by Crippen LogP contribution is 2.64. The zero-order chi connectivity index (χ0) is 32.1. The van der Waals surface area contributed by atoms with Crippen LogP contribution in [0.5, 0.6) is 0 Å². The number of carboxylic acids is 3. The molecule has 6 nitrogen and oxygen atoms in total. The standard InChI is InChI=1S/C16H9F17O6/c17-9(18,3-1-2-8(6(36)37,7(38)39)4-5(34)35)10(19,20)11(21,22)12(23,24)13(25,26)14(27,28)15(29,30)16(31,32)33/h1,3H,2,4H2,(H,34,35)(H,36,37)(H,38,39). The molecule has 0 atom stereocenters. The monoisotopic (exact) mass is 620 g/mol. The van der Waals surface area contributed by atoms with Crippen molar-refractivity contribution in [1.82, 2.24) is 0 Å².